The summed E-state index contributed by atoms with van der Waals surface area (Å²) in [4.78, 5) is 12.6. The summed E-state index contributed by atoms with van der Waals surface area (Å²) in [7, 11) is -3.73. The standard InChI is InChI=1S/C21H23FN2O5S/c1-14-12-18(14)21(25)23-19-13-17(30(26,27)24-8-10-28-11-9-24)6-7-20(19)29-16-4-2-15(22)3-5-16/h2-7,13-14,18H,8-12H2,1H3,(H,23,25). The van der Waals surface area contributed by atoms with E-state index in [0.29, 0.717) is 24.9 Å². The molecular weight excluding hydrogens is 411 g/mol. The second kappa shape index (κ2) is 8.33. The lowest BCUT2D eigenvalue weighted by atomic mass is 10.2. The first-order valence-corrected chi connectivity index (χ1v) is 11.2. The molecule has 4 rings (SSSR count). The number of hydrogen-bond donors (Lipinski definition) is 1. The molecule has 1 heterocycles. The number of nitrogens with zero attached hydrogens (tertiary/aromatic N) is 1. The van der Waals surface area contributed by atoms with Crippen LogP contribution in [0, 0.1) is 17.7 Å². The number of amides is 1. The number of morpholine rings is 1. The van der Waals surface area contributed by atoms with Crippen LogP contribution in [0.3, 0.4) is 0 Å². The van der Waals surface area contributed by atoms with Gasteiger partial charge < -0.3 is 14.8 Å². The molecule has 0 bridgehead atoms. The lowest BCUT2D eigenvalue weighted by Gasteiger charge is -2.26. The molecule has 2 unspecified atom stereocenters. The third-order valence-corrected chi connectivity index (χ3v) is 7.20. The number of rotatable bonds is 6. The van der Waals surface area contributed by atoms with Crippen molar-refractivity contribution in [2.24, 2.45) is 11.8 Å². The summed E-state index contributed by atoms with van der Waals surface area (Å²) in [5.41, 5.74) is 0.262. The average molecular weight is 434 g/mol. The number of anilines is 1. The molecule has 1 saturated heterocycles. The number of nitrogens with one attached hydrogen (secondary N) is 1. The molecule has 0 spiro atoms. The number of benzene rings is 2. The van der Waals surface area contributed by atoms with Crippen LogP contribution < -0.4 is 10.1 Å². The highest BCUT2D eigenvalue weighted by molar-refractivity contribution is 7.89. The molecule has 1 amide bonds. The molecule has 2 aliphatic rings. The zero-order valence-corrected chi connectivity index (χ0v) is 17.3. The minimum Gasteiger partial charge on any atom is -0.455 e. The fourth-order valence-electron chi connectivity index (χ4n) is 3.33. The molecule has 1 N–H and O–H groups in total. The maximum atomic E-state index is 13.2. The Hall–Kier alpha value is -2.49. The van der Waals surface area contributed by atoms with Gasteiger partial charge in [-0.05, 0) is 54.8 Å². The molecular formula is C21H23FN2O5S. The van der Waals surface area contributed by atoms with Crippen molar-refractivity contribution in [1.82, 2.24) is 4.31 Å². The molecule has 1 aliphatic heterocycles. The first kappa shape index (κ1) is 20.8. The second-order valence-corrected chi connectivity index (χ2v) is 9.48. The van der Waals surface area contributed by atoms with Crippen LogP contribution in [0.1, 0.15) is 13.3 Å². The van der Waals surface area contributed by atoms with E-state index in [4.69, 9.17) is 9.47 Å². The minimum absolute atomic E-state index is 0.0648. The van der Waals surface area contributed by atoms with E-state index < -0.39 is 15.8 Å². The van der Waals surface area contributed by atoms with E-state index in [1.54, 1.807) is 0 Å². The van der Waals surface area contributed by atoms with Crippen LogP contribution in [-0.4, -0.2) is 44.9 Å². The second-order valence-electron chi connectivity index (χ2n) is 7.54. The fourth-order valence-corrected chi connectivity index (χ4v) is 4.77. The molecule has 2 aromatic rings. The molecule has 0 aromatic heterocycles. The fraction of sp³-hybridized carbons (Fsp3) is 0.381. The highest BCUT2D eigenvalue weighted by atomic mass is 32.2. The van der Waals surface area contributed by atoms with E-state index in [1.165, 1.54) is 46.8 Å². The topological polar surface area (TPSA) is 84.9 Å². The van der Waals surface area contributed by atoms with Crippen molar-refractivity contribution in [3.63, 3.8) is 0 Å². The lowest BCUT2D eigenvalue weighted by Crippen LogP contribution is -2.40. The number of carbonyl (C=O) groups excluding carboxylic acids is 1. The largest absolute Gasteiger partial charge is 0.455 e. The molecule has 1 aliphatic carbocycles. The van der Waals surface area contributed by atoms with Crippen molar-refractivity contribution >= 4 is 21.6 Å². The van der Waals surface area contributed by atoms with E-state index in [9.17, 15) is 17.6 Å². The molecule has 2 atom stereocenters. The summed E-state index contributed by atoms with van der Waals surface area (Å²) in [5.74, 6) is 0.285. The number of halogens is 1. The summed E-state index contributed by atoms with van der Waals surface area (Å²) in [6.45, 7) is 3.22. The van der Waals surface area contributed by atoms with E-state index in [2.05, 4.69) is 5.32 Å². The Kier molecular flexibility index (Phi) is 5.77. The van der Waals surface area contributed by atoms with Gasteiger partial charge in [-0.3, -0.25) is 4.79 Å². The number of carbonyl (C=O) groups is 1. The Morgan fingerprint density at radius 1 is 1.17 bits per heavy atom. The quantitative estimate of drug-likeness (QED) is 0.755. The molecule has 2 aromatic carbocycles. The maximum absolute atomic E-state index is 13.2. The summed E-state index contributed by atoms with van der Waals surface area (Å²) in [6.07, 6.45) is 0.797. The van der Waals surface area contributed by atoms with Gasteiger partial charge in [-0.15, -0.1) is 0 Å². The molecule has 0 radical (unpaired) electrons. The van der Waals surface area contributed by atoms with Crippen LogP contribution in [0.4, 0.5) is 10.1 Å². The SMILES string of the molecule is CC1CC1C(=O)Nc1cc(S(=O)(=O)N2CCOCC2)ccc1Oc1ccc(F)cc1. The van der Waals surface area contributed by atoms with E-state index in [0.717, 1.165) is 6.42 Å². The first-order chi connectivity index (χ1) is 14.3. The Morgan fingerprint density at radius 2 is 1.83 bits per heavy atom. The molecule has 9 heteroatoms. The van der Waals surface area contributed by atoms with Crippen molar-refractivity contribution in [2.75, 3.05) is 31.6 Å². The Morgan fingerprint density at radius 3 is 2.47 bits per heavy atom. The summed E-state index contributed by atoms with van der Waals surface area (Å²) < 4.78 is 51.6. The molecule has 160 valence electrons. The van der Waals surface area contributed by atoms with Gasteiger partial charge in [0.25, 0.3) is 0 Å². The van der Waals surface area contributed by atoms with Crippen LogP contribution in [0.5, 0.6) is 11.5 Å². The summed E-state index contributed by atoms with van der Waals surface area (Å²) >= 11 is 0. The zero-order chi connectivity index (χ0) is 21.3. The average Bonchev–Trinajstić information content (AvgIpc) is 3.48. The van der Waals surface area contributed by atoms with Gasteiger partial charge in [0, 0.05) is 19.0 Å². The van der Waals surface area contributed by atoms with Gasteiger partial charge in [0.15, 0.2) is 5.75 Å². The molecule has 7 nitrogen and oxygen atoms in total. The Balaban J connectivity index is 1.65. The van der Waals surface area contributed by atoms with Crippen LogP contribution in [-0.2, 0) is 19.6 Å². The Bertz CT molecular complexity index is 1040. The maximum Gasteiger partial charge on any atom is 0.243 e. The third-order valence-electron chi connectivity index (χ3n) is 5.30. The lowest BCUT2D eigenvalue weighted by molar-refractivity contribution is -0.117. The Labute approximate surface area is 174 Å². The van der Waals surface area contributed by atoms with Crippen LogP contribution >= 0.6 is 0 Å². The predicted molar refractivity (Wildman–Crippen MR) is 108 cm³/mol. The smallest absolute Gasteiger partial charge is 0.243 e. The molecule has 30 heavy (non-hydrogen) atoms. The van der Waals surface area contributed by atoms with Gasteiger partial charge in [-0.1, -0.05) is 6.92 Å². The van der Waals surface area contributed by atoms with Crippen molar-refractivity contribution in [2.45, 2.75) is 18.2 Å². The van der Waals surface area contributed by atoms with Crippen LogP contribution in [0.15, 0.2) is 47.4 Å². The summed E-state index contributed by atoms with van der Waals surface area (Å²) in [5, 5.41) is 2.80. The van der Waals surface area contributed by atoms with Crippen LogP contribution in [0.25, 0.3) is 0 Å². The molecule has 1 saturated carbocycles. The van der Waals surface area contributed by atoms with Gasteiger partial charge >= 0.3 is 0 Å². The van der Waals surface area contributed by atoms with Crippen molar-refractivity contribution < 1.29 is 27.1 Å². The predicted octanol–water partition coefficient (Wildman–Crippen LogP) is 3.23. The van der Waals surface area contributed by atoms with E-state index in [-0.39, 0.29) is 41.2 Å². The van der Waals surface area contributed by atoms with Crippen LogP contribution in [0.2, 0.25) is 0 Å². The van der Waals surface area contributed by atoms with E-state index in [1.807, 2.05) is 6.92 Å². The van der Waals surface area contributed by atoms with Crippen molar-refractivity contribution in [3.05, 3.63) is 48.3 Å². The van der Waals surface area contributed by atoms with Gasteiger partial charge in [0.2, 0.25) is 15.9 Å². The van der Waals surface area contributed by atoms with Gasteiger partial charge in [0.1, 0.15) is 11.6 Å². The van der Waals surface area contributed by atoms with E-state index >= 15 is 0 Å². The van der Waals surface area contributed by atoms with Gasteiger partial charge in [0.05, 0.1) is 23.8 Å². The number of sulfonamides is 1. The normalized spacial score (nSPS) is 21.8. The third kappa shape index (κ3) is 4.48. The highest BCUT2D eigenvalue weighted by Gasteiger charge is 2.39. The highest BCUT2D eigenvalue weighted by Crippen LogP contribution is 2.40. The minimum atomic E-state index is -3.73. The zero-order valence-electron chi connectivity index (χ0n) is 16.5. The van der Waals surface area contributed by atoms with Crippen molar-refractivity contribution in [1.29, 1.82) is 0 Å². The number of hydrogen-bond acceptors (Lipinski definition) is 5. The monoisotopic (exact) mass is 434 g/mol. The van der Waals surface area contributed by atoms with Gasteiger partial charge in [-0.2, -0.15) is 4.31 Å². The molecule has 2 fully saturated rings. The van der Waals surface area contributed by atoms with Crippen molar-refractivity contribution in [3.8, 4) is 11.5 Å². The number of ether oxygens (including phenoxy) is 2. The van der Waals surface area contributed by atoms with Gasteiger partial charge in [-0.25, -0.2) is 12.8 Å². The first-order valence-electron chi connectivity index (χ1n) is 9.81. The summed E-state index contributed by atoms with van der Waals surface area (Å²) in [6, 6.07) is 9.80.